The van der Waals surface area contributed by atoms with Crippen LogP contribution in [0.2, 0.25) is 0 Å². The summed E-state index contributed by atoms with van der Waals surface area (Å²) in [4.78, 5) is 25.6. The Bertz CT molecular complexity index is 562. The molecule has 0 radical (unpaired) electrons. The molecular formula is C15H19ClN2O3. The molecule has 0 fully saturated rings. The molecule has 1 unspecified atom stereocenters. The number of carboxylic acid groups (broad SMARTS) is 1. The van der Waals surface area contributed by atoms with Crippen LogP contribution in [-0.2, 0) is 16.0 Å². The average Bonchev–Trinajstić information content (AvgIpc) is 2.80. The first-order valence-electron chi connectivity index (χ1n) is 6.84. The van der Waals surface area contributed by atoms with E-state index in [1.807, 2.05) is 18.2 Å². The van der Waals surface area contributed by atoms with Crippen LogP contribution in [0.25, 0.3) is 0 Å². The van der Waals surface area contributed by atoms with Crippen molar-refractivity contribution in [2.24, 2.45) is 0 Å². The summed E-state index contributed by atoms with van der Waals surface area (Å²) in [5, 5.41) is 8.48. The Hall–Kier alpha value is -1.59. The number of carbonyl (C=O) groups is 2. The highest BCUT2D eigenvalue weighted by Crippen LogP contribution is 2.32. The number of alkyl halides is 1. The summed E-state index contributed by atoms with van der Waals surface area (Å²) in [5.41, 5.74) is 3.03. The summed E-state index contributed by atoms with van der Waals surface area (Å²) in [7, 11) is 1.73. The highest BCUT2D eigenvalue weighted by molar-refractivity contribution is 6.21. The van der Waals surface area contributed by atoms with E-state index in [2.05, 4.69) is 0 Å². The van der Waals surface area contributed by atoms with Crippen molar-refractivity contribution < 1.29 is 14.7 Å². The van der Waals surface area contributed by atoms with Crippen LogP contribution >= 0.6 is 11.6 Å². The van der Waals surface area contributed by atoms with Crippen molar-refractivity contribution in [3.05, 3.63) is 29.3 Å². The van der Waals surface area contributed by atoms with Crippen LogP contribution in [0.5, 0.6) is 0 Å². The predicted octanol–water partition coefficient (Wildman–Crippen LogP) is 1.89. The molecule has 0 saturated heterocycles. The number of hydrogen-bond donors (Lipinski definition) is 1. The Morgan fingerprint density at radius 3 is 2.81 bits per heavy atom. The topological polar surface area (TPSA) is 60.9 Å². The summed E-state index contributed by atoms with van der Waals surface area (Å²) in [6.07, 6.45) is 0.831. The molecular weight excluding hydrogens is 292 g/mol. The molecule has 5 nitrogen and oxygen atoms in total. The van der Waals surface area contributed by atoms with Crippen molar-refractivity contribution in [1.29, 1.82) is 0 Å². The molecule has 0 aliphatic carbocycles. The van der Waals surface area contributed by atoms with Gasteiger partial charge >= 0.3 is 5.97 Å². The van der Waals surface area contributed by atoms with E-state index >= 15 is 0 Å². The number of carboxylic acids is 1. The molecule has 1 aromatic rings. The maximum Gasteiger partial charge on any atom is 0.317 e. The standard InChI is InChI=1S/C15H19ClN2O3/c1-10(19)18-6-5-12-7-11(3-4-14(12)18)13(16)8-17(2)9-15(20)21/h3-4,7,13H,5-6,8-9H2,1-2H3,(H,20,21). The fourth-order valence-electron chi connectivity index (χ4n) is 2.62. The Kier molecular flexibility index (Phi) is 4.85. The third-order valence-corrected chi connectivity index (χ3v) is 4.01. The van der Waals surface area contributed by atoms with Gasteiger partial charge in [-0.25, -0.2) is 0 Å². The Morgan fingerprint density at radius 1 is 1.48 bits per heavy atom. The van der Waals surface area contributed by atoms with Gasteiger partial charge < -0.3 is 10.0 Å². The normalized spacial score (nSPS) is 15.1. The van der Waals surface area contributed by atoms with Crippen LogP contribution < -0.4 is 4.90 Å². The second-order valence-corrected chi connectivity index (χ2v) is 5.89. The molecule has 1 aromatic carbocycles. The lowest BCUT2D eigenvalue weighted by Gasteiger charge is -2.19. The van der Waals surface area contributed by atoms with E-state index in [9.17, 15) is 9.59 Å². The van der Waals surface area contributed by atoms with Gasteiger partial charge in [0.1, 0.15) is 0 Å². The summed E-state index contributed by atoms with van der Waals surface area (Å²) >= 11 is 6.37. The maximum absolute atomic E-state index is 11.5. The van der Waals surface area contributed by atoms with Gasteiger partial charge in [0.05, 0.1) is 11.9 Å². The van der Waals surface area contributed by atoms with Crippen molar-refractivity contribution >= 4 is 29.2 Å². The van der Waals surface area contributed by atoms with E-state index in [0.29, 0.717) is 13.1 Å². The number of amides is 1. The number of halogens is 1. The van der Waals surface area contributed by atoms with E-state index in [1.165, 1.54) is 0 Å². The molecule has 1 amide bonds. The van der Waals surface area contributed by atoms with Crippen molar-refractivity contribution in [3.63, 3.8) is 0 Å². The average molecular weight is 311 g/mol. The minimum atomic E-state index is -0.868. The lowest BCUT2D eigenvalue weighted by atomic mass is 10.1. The first-order valence-corrected chi connectivity index (χ1v) is 7.27. The van der Waals surface area contributed by atoms with E-state index in [4.69, 9.17) is 16.7 Å². The number of nitrogens with zero attached hydrogens (tertiary/aromatic N) is 2. The van der Waals surface area contributed by atoms with Gasteiger partial charge in [-0.1, -0.05) is 12.1 Å². The van der Waals surface area contributed by atoms with Gasteiger partial charge in [0.25, 0.3) is 0 Å². The first kappa shape index (κ1) is 15.8. The van der Waals surface area contributed by atoms with Gasteiger partial charge in [0.15, 0.2) is 0 Å². The largest absolute Gasteiger partial charge is 0.480 e. The Morgan fingerprint density at radius 2 is 2.19 bits per heavy atom. The monoisotopic (exact) mass is 310 g/mol. The molecule has 1 N–H and O–H groups in total. The number of hydrogen-bond acceptors (Lipinski definition) is 3. The molecule has 1 aliphatic heterocycles. The summed E-state index contributed by atoms with van der Waals surface area (Å²) < 4.78 is 0. The number of fused-ring (bicyclic) bond motifs is 1. The van der Waals surface area contributed by atoms with Crippen LogP contribution in [0.3, 0.4) is 0 Å². The second-order valence-electron chi connectivity index (χ2n) is 5.37. The molecule has 0 saturated carbocycles. The van der Waals surface area contributed by atoms with Gasteiger partial charge in [0, 0.05) is 25.7 Å². The van der Waals surface area contributed by atoms with Crippen LogP contribution in [0.1, 0.15) is 23.4 Å². The minimum absolute atomic E-state index is 0.0354. The molecule has 1 atom stereocenters. The molecule has 0 aromatic heterocycles. The molecule has 0 bridgehead atoms. The Balaban J connectivity index is 2.09. The van der Waals surface area contributed by atoms with Gasteiger partial charge in [-0.05, 0) is 30.7 Å². The number of carbonyl (C=O) groups excluding carboxylic acids is 1. The number of likely N-dealkylation sites (N-methyl/N-ethyl adjacent to an activating group) is 1. The lowest BCUT2D eigenvalue weighted by Crippen LogP contribution is -2.28. The van der Waals surface area contributed by atoms with E-state index in [-0.39, 0.29) is 17.8 Å². The minimum Gasteiger partial charge on any atom is -0.480 e. The SMILES string of the molecule is CC(=O)N1CCc2cc(C(Cl)CN(C)CC(=O)O)ccc21. The molecule has 1 heterocycles. The highest BCUT2D eigenvalue weighted by Gasteiger charge is 2.23. The number of rotatable bonds is 5. The zero-order valence-electron chi connectivity index (χ0n) is 12.2. The lowest BCUT2D eigenvalue weighted by molar-refractivity contribution is -0.138. The van der Waals surface area contributed by atoms with Crippen molar-refractivity contribution in [3.8, 4) is 0 Å². The van der Waals surface area contributed by atoms with Gasteiger partial charge in [-0.15, -0.1) is 11.6 Å². The first-order chi connectivity index (χ1) is 9.88. The zero-order chi connectivity index (χ0) is 15.6. The molecule has 0 spiro atoms. The van der Waals surface area contributed by atoms with Crippen molar-refractivity contribution in [2.75, 3.05) is 31.6 Å². The fraction of sp³-hybridized carbons (Fsp3) is 0.467. The zero-order valence-corrected chi connectivity index (χ0v) is 12.9. The van der Waals surface area contributed by atoms with Gasteiger partial charge in [-0.3, -0.25) is 14.5 Å². The van der Waals surface area contributed by atoms with Crippen LogP contribution in [-0.4, -0.2) is 48.6 Å². The van der Waals surface area contributed by atoms with Crippen molar-refractivity contribution in [2.45, 2.75) is 18.7 Å². The Labute approximate surface area is 129 Å². The molecule has 2 rings (SSSR count). The summed E-state index contributed by atoms with van der Waals surface area (Å²) in [6, 6.07) is 5.85. The third-order valence-electron chi connectivity index (χ3n) is 3.62. The third kappa shape index (κ3) is 3.74. The van der Waals surface area contributed by atoms with Crippen LogP contribution in [0.15, 0.2) is 18.2 Å². The van der Waals surface area contributed by atoms with Crippen LogP contribution in [0.4, 0.5) is 5.69 Å². The summed E-state index contributed by atoms with van der Waals surface area (Å²) in [5.74, 6) is -0.822. The number of anilines is 1. The molecule has 6 heteroatoms. The number of aliphatic carboxylic acids is 1. The number of benzene rings is 1. The maximum atomic E-state index is 11.5. The van der Waals surface area contributed by atoms with Crippen LogP contribution in [0, 0.1) is 0 Å². The molecule has 21 heavy (non-hydrogen) atoms. The smallest absolute Gasteiger partial charge is 0.317 e. The van der Waals surface area contributed by atoms with Gasteiger partial charge in [0.2, 0.25) is 5.91 Å². The van der Waals surface area contributed by atoms with E-state index in [0.717, 1.165) is 23.2 Å². The molecule has 114 valence electrons. The highest BCUT2D eigenvalue weighted by atomic mass is 35.5. The second kappa shape index (κ2) is 6.45. The fourth-order valence-corrected chi connectivity index (χ4v) is 2.99. The predicted molar refractivity (Wildman–Crippen MR) is 81.9 cm³/mol. The van der Waals surface area contributed by atoms with E-state index < -0.39 is 5.97 Å². The quantitative estimate of drug-likeness (QED) is 0.844. The van der Waals surface area contributed by atoms with Gasteiger partial charge in [-0.2, -0.15) is 0 Å². The molecule has 1 aliphatic rings. The van der Waals surface area contributed by atoms with Crippen molar-refractivity contribution in [1.82, 2.24) is 4.90 Å². The van der Waals surface area contributed by atoms with E-state index in [1.54, 1.807) is 23.8 Å². The summed E-state index contributed by atoms with van der Waals surface area (Å²) in [6.45, 7) is 2.70.